The second kappa shape index (κ2) is 12.5. The van der Waals surface area contributed by atoms with Gasteiger partial charge >= 0.3 is 6.03 Å². The van der Waals surface area contributed by atoms with Crippen LogP contribution in [-0.2, 0) is 18.4 Å². The highest BCUT2D eigenvalue weighted by molar-refractivity contribution is 6.32. The van der Waals surface area contributed by atoms with Crippen molar-refractivity contribution in [3.63, 3.8) is 0 Å². The van der Waals surface area contributed by atoms with E-state index in [1.54, 1.807) is 35.1 Å². The van der Waals surface area contributed by atoms with Gasteiger partial charge in [0, 0.05) is 56.4 Å². The molecule has 2 N–H and O–H groups in total. The molecule has 4 heterocycles. The SMILES string of the molecule is CN(C)C/C=C/C(=O)N1CCCC1.Cn1cc(Nc2ncc3c(n2)NC(=O)N(c2ccccc2)C3)c(Cl)n1. The molecule has 2 aliphatic rings. The molecule has 0 unspecified atom stereocenters. The summed E-state index contributed by atoms with van der Waals surface area (Å²) in [5.74, 6) is 0.983. The van der Waals surface area contributed by atoms with Gasteiger partial charge in [-0.1, -0.05) is 35.9 Å². The van der Waals surface area contributed by atoms with Gasteiger partial charge in [0.1, 0.15) is 5.82 Å². The maximum atomic E-state index is 12.4. The zero-order valence-electron chi connectivity index (χ0n) is 21.8. The molecule has 0 bridgehead atoms. The zero-order valence-corrected chi connectivity index (χ0v) is 22.5. The molecular weight excluding hydrogens is 506 g/mol. The predicted octanol–water partition coefficient (Wildman–Crippen LogP) is 3.89. The second-order valence-electron chi connectivity index (χ2n) is 9.25. The molecule has 0 spiro atoms. The molecule has 2 aromatic heterocycles. The number of nitrogens with zero attached hydrogens (tertiary/aromatic N) is 7. The number of halogens is 1. The smallest absolute Gasteiger partial charge is 0.327 e. The molecule has 12 heteroatoms. The number of carbonyl (C=O) groups excluding carboxylic acids is 2. The van der Waals surface area contributed by atoms with Gasteiger partial charge < -0.3 is 15.1 Å². The third kappa shape index (κ3) is 7.08. The summed E-state index contributed by atoms with van der Waals surface area (Å²) in [5, 5.41) is 10.2. The van der Waals surface area contributed by atoms with Gasteiger partial charge in [-0.15, -0.1) is 0 Å². The van der Waals surface area contributed by atoms with Crippen LogP contribution < -0.4 is 15.5 Å². The summed E-state index contributed by atoms with van der Waals surface area (Å²) >= 11 is 6.02. The maximum absolute atomic E-state index is 12.4. The van der Waals surface area contributed by atoms with Crippen LogP contribution in [0.25, 0.3) is 0 Å². The van der Waals surface area contributed by atoms with E-state index >= 15 is 0 Å². The van der Waals surface area contributed by atoms with E-state index < -0.39 is 0 Å². The summed E-state index contributed by atoms with van der Waals surface area (Å²) in [6.07, 6.45) is 9.33. The van der Waals surface area contributed by atoms with Crippen LogP contribution in [0.4, 0.5) is 27.9 Å². The number of anilines is 4. The first-order valence-corrected chi connectivity index (χ1v) is 12.7. The molecular formula is C26H32ClN9O2. The number of likely N-dealkylation sites (N-methyl/N-ethyl adjacent to an activating group) is 1. The minimum atomic E-state index is -0.234. The number of urea groups is 1. The Labute approximate surface area is 227 Å². The molecule has 3 amide bonds. The molecule has 0 radical (unpaired) electrons. The summed E-state index contributed by atoms with van der Waals surface area (Å²) in [7, 11) is 5.75. The van der Waals surface area contributed by atoms with E-state index in [1.807, 2.05) is 60.3 Å². The Hall–Kier alpha value is -3.96. The number of rotatable bonds is 6. The van der Waals surface area contributed by atoms with Crippen LogP contribution in [-0.4, -0.2) is 75.2 Å². The van der Waals surface area contributed by atoms with Gasteiger partial charge in [-0.05, 0) is 39.1 Å². The lowest BCUT2D eigenvalue weighted by Gasteiger charge is -2.28. The summed E-state index contributed by atoms with van der Waals surface area (Å²) < 4.78 is 1.59. The summed E-state index contributed by atoms with van der Waals surface area (Å²) in [6.45, 7) is 3.11. The average molecular weight is 538 g/mol. The number of carbonyl (C=O) groups is 2. The van der Waals surface area contributed by atoms with Crippen LogP contribution in [0.5, 0.6) is 0 Å². The van der Waals surface area contributed by atoms with E-state index in [0.717, 1.165) is 43.7 Å². The number of nitrogens with one attached hydrogen (secondary N) is 2. The molecule has 0 aliphatic carbocycles. The molecule has 1 saturated heterocycles. The summed E-state index contributed by atoms with van der Waals surface area (Å²) in [4.78, 5) is 38.1. The molecule has 0 saturated carbocycles. The summed E-state index contributed by atoms with van der Waals surface area (Å²) in [6, 6.07) is 9.21. The van der Waals surface area contributed by atoms with E-state index in [1.165, 1.54) is 0 Å². The second-order valence-corrected chi connectivity index (χ2v) is 9.61. The molecule has 3 aromatic rings. The molecule has 1 fully saturated rings. The Balaban J connectivity index is 0.000000219. The van der Waals surface area contributed by atoms with Gasteiger partial charge in [0.2, 0.25) is 11.9 Å². The monoisotopic (exact) mass is 537 g/mol. The normalized spacial score (nSPS) is 14.8. The van der Waals surface area contributed by atoms with E-state index in [0.29, 0.717) is 29.2 Å². The van der Waals surface area contributed by atoms with Crippen molar-refractivity contribution in [3.05, 3.63) is 65.6 Å². The molecule has 200 valence electrons. The quantitative estimate of drug-likeness (QED) is 0.459. The Morgan fingerprint density at radius 1 is 1.21 bits per heavy atom. The molecule has 0 atom stereocenters. The number of para-hydroxylation sites is 1. The van der Waals surface area contributed by atoms with Crippen LogP contribution in [0, 0.1) is 0 Å². The Bertz CT molecular complexity index is 1290. The van der Waals surface area contributed by atoms with Crippen LogP contribution in [0.3, 0.4) is 0 Å². The fourth-order valence-corrected chi connectivity index (χ4v) is 4.21. The van der Waals surface area contributed by atoms with Crippen molar-refractivity contribution in [1.82, 2.24) is 29.5 Å². The number of fused-ring (bicyclic) bond motifs is 1. The van der Waals surface area contributed by atoms with Crippen LogP contribution in [0.15, 0.2) is 54.9 Å². The van der Waals surface area contributed by atoms with Crippen molar-refractivity contribution in [1.29, 1.82) is 0 Å². The summed E-state index contributed by atoms with van der Waals surface area (Å²) in [5.41, 5.74) is 2.23. The lowest BCUT2D eigenvalue weighted by atomic mass is 10.2. The zero-order chi connectivity index (χ0) is 27.1. The van der Waals surface area contributed by atoms with Crippen molar-refractivity contribution >= 4 is 46.7 Å². The van der Waals surface area contributed by atoms with Crippen molar-refractivity contribution in [2.45, 2.75) is 19.4 Å². The Kier molecular flexibility index (Phi) is 8.93. The third-order valence-electron chi connectivity index (χ3n) is 5.91. The predicted molar refractivity (Wildman–Crippen MR) is 149 cm³/mol. The largest absolute Gasteiger partial charge is 0.339 e. The molecule has 2 aliphatic heterocycles. The third-order valence-corrected chi connectivity index (χ3v) is 6.19. The van der Waals surface area contributed by atoms with Gasteiger partial charge in [0.15, 0.2) is 5.15 Å². The van der Waals surface area contributed by atoms with Gasteiger partial charge in [0.05, 0.1) is 12.2 Å². The van der Waals surface area contributed by atoms with Crippen molar-refractivity contribution in [2.24, 2.45) is 7.05 Å². The van der Waals surface area contributed by atoms with Crippen LogP contribution >= 0.6 is 11.6 Å². The molecule has 11 nitrogen and oxygen atoms in total. The topological polar surface area (TPSA) is 112 Å². The highest BCUT2D eigenvalue weighted by Crippen LogP contribution is 2.28. The van der Waals surface area contributed by atoms with E-state index in [-0.39, 0.29) is 11.9 Å². The number of aryl methyl sites for hydroxylation is 1. The average Bonchev–Trinajstić information content (AvgIpc) is 3.54. The number of likely N-dealkylation sites (tertiary alicyclic amines) is 1. The first-order valence-electron chi connectivity index (χ1n) is 12.4. The number of hydrogen-bond donors (Lipinski definition) is 2. The van der Waals surface area contributed by atoms with Crippen molar-refractivity contribution in [3.8, 4) is 0 Å². The Morgan fingerprint density at radius 2 is 1.95 bits per heavy atom. The number of hydrogen-bond acceptors (Lipinski definition) is 7. The molecule has 1 aromatic carbocycles. The fraction of sp³-hybridized carbons (Fsp3) is 0.346. The first kappa shape index (κ1) is 27.1. The first-order chi connectivity index (χ1) is 18.3. The van der Waals surface area contributed by atoms with Crippen molar-refractivity contribution in [2.75, 3.05) is 49.3 Å². The molecule has 5 rings (SSSR count). The standard InChI is InChI=1S/C16H14ClN7O.C10H18N2O/c1-23-9-12(13(17)22-23)19-15-18-7-10-8-24(11-5-3-2-4-6-11)16(25)21-14(10)20-15;1-11(2)7-5-6-10(13)12-8-3-4-9-12/h2-7,9H,8H2,1H3,(H2,18,19,20,21,25);5-6H,3-4,7-9H2,1-2H3/b;6-5+. The maximum Gasteiger partial charge on any atom is 0.327 e. The lowest BCUT2D eigenvalue weighted by molar-refractivity contribution is -0.125. The fourth-order valence-electron chi connectivity index (χ4n) is 3.99. The van der Waals surface area contributed by atoms with Crippen molar-refractivity contribution < 1.29 is 9.59 Å². The van der Waals surface area contributed by atoms with E-state index in [4.69, 9.17) is 11.6 Å². The van der Waals surface area contributed by atoms with Gasteiger partial charge in [-0.25, -0.2) is 9.78 Å². The highest BCUT2D eigenvalue weighted by Gasteiger charge is 2.25. The number of aromatic nitrogens is 4. The van der Waals surface area contributed by atoms with E-state index in [2.05, 4.69) is 25.7 Å². The number of benzene rings is 1. The van der Waals surface area contributed by atoms with Crippen LogP contribution in [0.1, 0.15) is 18.4 Å². The molecule has 38 heavy (non-hydrogen) atoms. The van der Waals surface area contributed by atoms with Crippen LogP contribution in [0.2, 0.25) is 5.15 Å². The highest BCUT2D eigenvalue weighted by atomic mass is 35.5. The lowest BCUT2D eigenvalue weighted by Crippen LogP contribution is -2.39. The van der Waals surface area contributed by atoms with E-state index in [9.17, 15) is 9.59 Å². The Morgan fingerprint density at radius 3 is 2.61 bits per heavy atom. The van der Waals surface area contributed by atoms with Gasteiger partial charge in [-0.3, -0.25) is 19.7 Å². The minimum absolute atomic E-state index is 0.166. The number of amides is 3. The minimum Gasteiger partial charge on any atom is -0.339 e. The van der Waals surface area contributed by atoms with Gasteiger partial charge in [0.25, 0.3) is 0 Å². The van der Waals surface area contributed by atoms with Gasteiger partial charge in [-0.2, -0.15) is 10.1 Å².